The van der Waals surface area contributed by atoms with Crippen LogP contribution in [-0.2, 0) is 4.74 Å². The van der Waals surface area contributed by atoms with Crippen LogP contribution >= 0.6 is 12.2 Å². The number of nitrogens with two attached hydrogens (primary N) is 1. The maximum Gasteiger partial charge on any atom is 0.159 e. The lowest BCUT2D eigenvalue weighted by Crippen LogP contribution is -2.33. The molecular formula is C13H20N4OS. The first-order chi connectivity index (χ1) is 8.99. The van der Waals surface area contributed by atoms with Crippen molar-refractivity contribution < 1.29 is 4.74 Å². The van der Waals surface area contributed by atoms with Gasteiger partial charge in [-0.2, -0.15) is 5.10 Å². The van der Waals surface area contributed by atoms with Crippen LogP contribution in [0.5, 0.6) is 0 Å². The van der Waals surface area contributed by atoms with E-state index in [2.05, 4.69) is 22.4 Å². The molecule has 1 fully saturated rings. The highest BCUT2D eigenvalue weighted by Gasteiger charge is 2.22. The summed E-state index contributed by atoms with van der Waals surface area (Å²) in [4.78, 5) is 0.359. The van der Waals surface area contributed by atoms with Crippen LogP contribution in [-0.4, -0.2) is 33.9 Å². The standard InChI is InChI=1S/C13H20N4OS/c1-7-6-10(4-5-18-7)15-13-11(12(14)19)8(2)9(3)16-17-13/h7,10H,4-6H2,1-3H3,(H2,14,19)(H,15,17). The van der Waals surface area contributed by atoms with Gasteiger partial charge in [0, 0.05) is 12.6 Å². The maximum absolute atomic E-state index is 5.82. The van der Waals surface area contributed by atoms with Crippen LogP contribution < -0.4 is 11.1 Å². The Morgan fingerprint density at radius 3 is 2.79 bits per heavy atom. The Balaban J connectivity index is 2.24. The Labute approximate surface area is 118 Å². The van der Waals surface area contributed by atoms with Crippen molar-refractivity contribution in [3.05, 3.63) is 16.8 Å². The largest absolute Gasteiger partial charge is 0.389 e. The summed E-state index contributed by atoms with van der Waals surface area (Å²) >= 11 is 5.13. The third-order valence-electron chi connectivity index (χ3n) is 3.53. The van der Waals surface area contributed by atoms with E-state index in [9.17, 15) is 0 Å². The Bertz CT molecular complexity index is 492. The molecule has 104 valence electrons. The molecule has 2 atom stereocenters. The topological polar surface area (TPSA) is 73.1 Å². The first-order valence-electron chi connectivity index (χ1n) is 6.51. The molecule has 3 N–H and O–H groups in total. The molecule has 1 aliphatic heterocycles. The molecule has 6 heteroatoms. The molecule has 1 aliphatic rings. The second kappa shape index (κ2) is 5.79. The minimum atomic E-state index is 0.263. The van der Waals surface area contributed by atoms with Crippen molar-refractivity contribution in [1.82, 2.24) is 10.2 Å². The summed E-state index contributed by atoms with van der Waals surface area (Å²) < 4.78 is 5.54. The number of aromatic nitrogens is 2. The molecule has 2 unspecified atom stereocenters. The number of hydrogen-bond donors (Lipinski definition) is 2. The van der Waals surface area contributed by atoms with E-state index in [-0.39, 0.29) is 6.10 Å². The first-order valence-corrected chi connectivity index (χ1v) is 6.91. The number of rotatable bonds is 3. The van der Waals surface area contributed by atoms with Gasteiger partial charge in [-0.25, -0.2) is 0 Å². The number of thiocarbonyl (C=S) groups is 1. The average molecular weight is 280 g/mol. The second-order valence-corrected chi connectivity index (χ2v) is 5.49. The molecule has 0 saturated carbocycles. The van der Waals surface area contributed by atoms with Crippen molar-refractivity contribution >= 4 is 23.0 Å². The van der Waals surface area contributed by atoms with Gasteiger partial charge in [0.15, 0.2) is 5.82 Å². The van der Waals surface area contributed by atoms with Gasteiger partial charge in [0.1, 0.15) is 4.99 Å². The molecule has 19 heavy (non-hydrogen) atoms. The van der Waals surface area contributed by atoms with Crippen LogP contribution in [0.25, 0.3) is 0 Å². The van der Waals surface area contributed by atoms with E-state index in [0.717, 1.165) is 36.3 Å². The molecule has 1 aromatic rings. The average Bonchev–Trinajstić information content (AvgIpc) is 2.33. The molecule has 5 nitrogen and oxygen atoms in total. The molecule has 2 heterocycles. The normalized spacial score (nSPS) is 23.1. The molecule has 1 aromatic heterocycles. The summed E-state index contributed by atoms with van der Waals surface area (Å²) in [5.41, 5.74) is 8.47. The van der Waals surface area contributed by atoms with E-state index in [4.69, 9.17) is 22.7 Å². The van der Waals surface area contributed by atoms with Gasteiger partial charge in [0.2, 0.25) is 0 Å². The predicted octanol–water partition coefficient (Wildman–Crippen LogP) is 1.71. The molecule has 2 rings (SSSR count). The zero-order valence-electron chi connectivity index (χ0n) is 11.6. The van der Waals surface area contributed by atoms with Crippen molar-refractivity contribution in [2.24, 2.45) is 5.73 Å². The highest BCUT2D eigenvalue weighted by molar-refractivity contribution is 7.80. The zero-order chi connectivity index (χ0) is 14.0. The van der Waals surface area contributed by atoms with E-state index < -0.39 is 0 Å². The van der Waals surface area contributed by atoms with E-state index in [1.54, 1.807) is 0 Å². The summed E-state index contributed by atoms with van der Waals surface area (Å²) in [6, 6.07) is 0.327. The summed E-state index contributed by atoms with van der Waals surface area (Å²) in [6.07, 6.45) is 2.17. The fourth-order valence-corrected chi connectivity index (χ4v) is 2.58. The Morgan fingerprint density at radius 2 is 2.16 bits per heavy atom. The Hall–Kier alpha value is -1.27. The second-order valence-electron chi connectivity index (χ2n) is 5.05. The van der Waals surface area contributed by atoms with Crippen LogP contribution in [0.1, 0.15) is 36.6 Å². The predicted molar refractivity (Wildman–Crippen MR) is 79.5 cm³/mol. The van der Waals surface area contributed by atoms with E-state index in [0.29, 0.717) is 16.8 Å². The SMILES string of the molecule is Cc1nnc(NC2CCOC(C)C2)c(C(N)=S)c1C. The van der Waals surface area contributed by atoms with Gasteiger partial charge in [-0.3, -0.25) is 0 Å². The lowest BCUT2D eigenvalue weighted by atomic mass is 10.0. The first kappa shape index (κ1) is 14.1. The van der Waals surface area contributed by atoms with E-state index in [1.165, 1.54) is 0 Å². The van der Waals surface area contributed by atoms with Gasteiger partial charge < -0.3 is 15.8 Å². The van der Waals surface area contributed by atoms with Crippen LogP contribution in [0.4, 0.5) is 5.82 Å². The van der Waals surface area contributed by atoms with Gasteiger partial charge in [0.25, 0.3) is 0 Å². The third kappa shape index (κ3) is 3.19. The number of ether oxygens (including phenoxy) is 1. The fourth-order valence-electron chi connectivity index (χ4n) is 2.33. The van der Waals surface area contributed by atoms with E-state index >= 15 is 0 Å². The van der Waals surface area contributed by atoms with Gasteiger partial charge in [0.05, 0.1) is 17.4 Å². The minimum absolute atomic E-state index is 0.263. The maximum atomic E-state index is 5.82. The molecular weight excluding hydrogens is 260 g/mol. The number of nitrogens with zero attached hydrogens (tertiary/aromatic N) is 2. The smallest absolute Gasteiger partial charge is 0.159 e. The number of aryl methyl sites for hydroxylation is 1. The van der Waals surface area contributed by atoms with Crippen LogP contribution in [0, 0.1) is 13.8 Å². The molecule has 0 spiro atoms. The minimum Gasteiger partial charge on any atom is -0.389 e. The van der Waals surface area contributed by atoms with Crippen LogP contribution in [0.15, 0.2) is 0 Å². The Morgan fingerprint density at radius 1 is 1.42 bits per heavy atom. The molecule has 1 saturated heterocycles. The number of nitrogens with one attached hydrogen (secondary N) is 1. The highest BCUT2D eigenvalue weighted by Crippen LogP contribution is 2.22. The molecule has 0 radical (unpaired) electrons. The van der Waals surface area contributed by atoms with Gasteiger partial charge in [-0.05, 0) is 39.2 Å². The van der Waals surface area contributed by atoms with Gasteiger partial charge in [-0.15, -0.1) is 5.10 Å². The lowest BCUT2D eigenvalue weighted by molar-refractivity contribution is 0.0231. The van der Waals surface area contributed by atoms with Gasteiger partial charge in [-0.1, -0.05) is 12.2 Å². The van der Waals surface area contributed by atoms with Crippen LogP contribution in [0.2, 0.25) is 0 Å². The summed E-state index contributed by atoms with van der Waals surface area (Å²) in [6.45, 7) is 6.72. The van der Waals surface area contributed by atoms with Crippen molar-refractivity contribution in [3.8, 4) is 0 Å². The molecule has 0 aromatic carbocycles. The number of hydrogen-bond acceptors (Lipinski definition) is 5. The summed E-state index contributed by atoms with van der Waals surface area (Å²) in [5, 5.41) is 11.8. The van der Waals surface area contributed by atoms with Crippen molar-refractivity contribution in [3.63, 3.8) is 0 Å². The lowest BCUT2D eigenvalue weighted by Gasteiger charge is -2.29. The molecule has 0 amide bonds. The zero-order valence-corrected chi connectivity index (χ0v) is 12.4. The Kier molecular flexibility index (Phi) is 4.31. The van der Waals surface area contributed by atoms with Crippen molar-refractivity contribution in [2.45, 2.75) is 45.8 Å². The summed E-state index contributed by atoms with van der Waals surface area (Å²) in [5.74, 6) is 0.690. The monoisotopic (exact) mass is 280 g/mol. The van der Waals surface area contributed by atoms with Crippen LogP contribution in [0.3, 0.4) is 0 Å². The number of anilines is 1. The summed E-state index contributed by atoms with van der Waals surface area (Å²) in [7, 11) is 0. The third-order valence-corrected chi connectivity index (χ3v) is 3.73. The van der Waals surface area contributed by atoms with Crippen molar-refractivity contribution in [1.29, 1.82) is 0 Å². The molecule has 0 aliphatic carbocycles. The fraction of sp³-hybridized carbons (Fsp3) is 0.615. The quantitative estimate of drug-likeness (QED) is 0.821. The molecule has 0 bridgehead atoms. The van der Waals surface area contributed by atoms with Gasteiger partial charge >= 0.3 is 0 Å². The van der Waals surface area contributed by atoms with Crippen molar-refractivity contribution in [2.75, 3.05) is 11.9 Å². The highest BCUT2D eigenvalue weighted by atomic mass is 32.1. The van der Waals surface area contributed by atoms with E-state index in [1.807, 2.05) is 13.8 Å².